The van der Waals surface area contributed by atoms with Crippen molar-refractivity contribution >= 4 is 0 Å². The van der Waals surface area contributed by atoms with Gasteiger partial charge < -0.3 is 10.3 Å². The summed E-state index contributed by atoms with van der Waals surface area (Å²) in [6, 6.07) is -0.203. The van der Waals surface area contributed by atoms with Gasteiger partial charge in [-0.25, -0.2) is 4.98 Å². The number of hydrogen-bond donors (Lipinski definition) is 1. The first-order chi connectivity index (χ1) is 7.22. The number of nitrogens with zero attached hydrogens (tertiary/aromatic N) is 4. The third-order valence-electron chi connectivity index (χ3n) is 2.47. The van der Waals surface area contributed by atoms with E-state index in [-0.39, 0.29) is 6.04 Å². The predicted octanol–water partition coefficient (Wildman–Crippen LogP) is 0.685. The number of hydrogen-bond acceptors (Lipinski definition) is 3. The molecule has 80 valence electrons. The molecule has 0 aliphatic carbocycles. The zero-order valence-electron chi connectivity index (χ0n) is 8.96. The molecular formula is C10H15N5. The lowest BCUT2D eigenvalue weighted by atomic mass is 10.1. The highest BCUT2D eigenvalue weighted by Crippen LogP contribution is 2.16. The standard InChI is InChI=1S/C10H15N5/c1-3-15-7-8(6-13-15)9(11)10-12-4-5-14(10)2/h4-7,9H,3,11H2,1-2H3. The molecule has 2 aromatic rings. The maximum absolute atomic E-state index is 6.09. The molecule has 5 heteroatoms. The molecule has 1 atom stereocenters. The topological polar surface area (TPSA) is 61.7 Å². The van der Waals surface area contributed by atoms with Crippen LogP contribution < -0.4 is 5.73 Å². The monoisotopic (exact) mass is 205 g/mol. The summed E-state index contributed by atoms with van der Waals surface area (Å²) >= 11 is 0. The molecule has 2 heterocycles. The molecule has 5 nitrogen and oxygen atoms in total. The van der Waals surface area contributed by atoms with Crippen LogP contribution in [0.25, 0.3) is 0 Å². The normalized spacial score (nSPS) is 13.0. The fourth-order valence-corrected chi connectivity index (χ4v) is 1.54. The van der Waals surface area contributed by atoms with Crippen molar-refractivity contribution in [2.45, 2.75) is 19.5 Å². The van der Waals surface area contributed by atoms with Gasteiger partial charge in [0.25, 0.3) is 0 Å². The summed E-state index contributed by atoms with van der Waals surface area (Å²) in [6.45, 7) is 2.90. The van der Waals surface area contributed by atoms with Crippen LogP contribution in [0.5, 0.6) is 0 Å². The van der Waals surface area contributed by atoms with Crippen LogP contribution in [0, 0.1) is 0 Å². The van der Waals surface area contributed by atoms with Gasteiger partial charge in [-0.05, 0) is 6.92 Å². The molecule has 0 fully saturated rings. The Kier molecular flexibility index (Phi) is 2.55. The van der Waals surface area contributed by atoms with Gasteiger partial charge in [0, 0.05) is 37.7 Å². The first-order valence-corrected chi connectivity index (χ1v) is 4.97. The third-order valence-corrected chi connectivity index (χ3v) is 2.47. The van der Waals surface area contributed by atoms with Crippen molar-refractivity contribution in [2.24, 2.45) is 12.8 Å². The zero-order valence-corrected chi connectivity index (χ0v) is 8.96. The lowest BCUT2D eigenvalue weighted by Gasteiger charge is -2.08. The summed E-state index contributed by atoms with van der Waals surface area (Å²) in [4.78, 5) is 4.23. The number of aryl methyl sites for hydroxylation is 2. The van der Waals surface area contributed by atoms with Gasteiger partial charge >= 0.3 is 0 Å². The van der Waals surface area contributed by atoms with Gasteiger partial charge in [0.1, 0.15) is 5.82 Å². The summed E-state index contributed by atoms with van der Waals surface area (Å²) in [5.74, 6) is 0.852. The van der Waals surface area contributed by atoms with E-state index in [0.717, 1.165) is 17.9 Å². The lowest BCUT2D eigenvalue weighted by molar-refractivity contribution is 0.656. The molecule has 0 bridgehead atoms. The highest BCUT2D eigenvalue weighted by atomic mass is 15.3. The van der Waals surface area contributed by atoms with Crippen LogP contribution in [-0.4, -0.2) is 19.3 Å². The van der Waals surface area contributed by atoms with Crippen molar-refractivity contribution in [3.05, 3.63) is 36.2 Å². The fraction of sp³-hybridized carbons (Fsp3) is 0.400. The van der Waals surface area contributed by atoms with E-state index in [1.54, 1.807) is 12.4 Å². The third kappa shape index (κ3) is 1.78. The lowest BCUT2D eigenvalue weighted by Crippen LogP contribution is -2.16. The van der Waals surface area contributed by atoms with Crippen molar-refractivity contribution in [2.75, 3.05) is 0 Å². The molecule has 2 aromatic heterocycles. The Morgan fingerprint density at radius 3 is 2.87 bits per heavy atom. The molecule has 2 rings (SSSR count). The molecule has 0 saturated carbocycles. The largest absolute Gasteiger partial charge is 0.336 e. The number of imidazole rings is 1. The van der Waals surface area contributed by atoms with E-state index in [4.69, 9.17) is 5.73 Å². The predicted molar refractivity (Wildman–Crippen MR) is 57.1 cm³/mol. The van der Waals surface area contributed by atoms with E-state index in [9.17, 15) is 0 Å². The summed E-state index contributed by atoms with van der Waals surface area (Å²) in [7, 11) is 1.94. The van der Waals surface area contributed by atoms with Crippen LogP contribution in [0.15, 0.2) is 24.8 Å². The molecule has 0 saturated heterocycles. The Labute approximate surface area is 88.5 Å². The maximum Gasteiger partial charge on any atom is 0.130 e. The van der Waals surface area contributed by atoms with Crippen molar-refractivity contribution in [1.29, 1.82) is 0 Å². The van der Waals surface area contributed by atoms with Crippen LogP contribution in [-0.2, 0) is 13.6 Å². The van der Waals surface area contributed by atoms with Crippen LogP contribution in [0.1, 0.15) is 24.4 Å². The van der Waals surface area contributed by atoms with E-state index in [1.165, 1.54) is 0 Å². The average Bonchev–Trinajstić information content (AvgIpc) is 2.84. The zero-order chi connectivity index (χ0) is 10.8. The minimum absolute atomic E-state index is 0.203. The molecule has 0 aliphatic heterocycles. The van der Waals surface area contributed by atoms with Gasteiger partial charge in [-0.1, -0.05) is 0 Å². The number of rotatable bonds is 3. The molecule has 15 heavy (non-hydrogen) atoms. The van der Waals surface area contributed by atoms with E-state index in [2.05, 4.69) is 10.1 Å². The number of aromatic nitrogens is 4. The molecule has 1 unspecified atom stereocenters. The van der Waals surface area contributed by atoms with Crippen LogP contribution >= 0.6 is 0 Å². The number of nitrogens with two attached hydrogens (primary N) is 1. The first-order valence-electron chi connectivity index (χ1n) is 4.97. The Bertz CT molecular complexity index is 442. The van der Waals surface area contributed by atoms with Gasteiger partial charge in [0.15, 0.2) is 0 Å². The van der Waals surface area contributed by atoms with Gasteiger partial charge in [0.2, 0.25) is 0 Å². The second kappa shape index (κ2) is 3.86. The summed E-state index contributed by atoms with van der Waals surface area (Å²) < 4.78 is 3.78. The summed E-state index contributed by atoms with van der Waals surface area (Å²) in [5.41, 5.74) is 7.08. The Balaban J connectivity index is 2.28. The SMILES string of the molecule is CCn1cc(C(N)c2nccn2C)cn1. The van der Waals surface area contributed by atoms with E-state index in [0.29, 0.717) is 0 Å². The van der Waals surface area contributed by atoms with Crippen LogP contribution in [0.3, 0.4) is 0 Å². The van der Waals surface area contributed by atoms with Gasteiger partial charge in [-0.2, -0.15) is 5.10 Å². The van der Waals surface area contributed by atoms with E-state index >= 15 is 0 Å². The summed E-state index contributed by atoms with van der Waals surface area (Å²) in [6.07, 6.45) is 7.39. The smallest absolute Gasteiger partial charge is 0.130 e. The van der Waals surface area contributed by atoms with Crippen molar-refractivity contribution in [3.8, 4) is 0 Å². The first kappa shape index (κ1) is 9.92. The second-order valence-electron chi connectivity index (χ2n) is 3.50. The van der Waals surface area contributed by atoms with Crippen LogP contribution in [0.2, 0.25) is 0 Å². The molecular weight excluding hydrogens is 190 g/mol. The minimum Gasteiger partial charge on any atom is -0.336 e. The minimum atomic E-state index is -0.203. The Morgan fingerprint density at radius 1 is 1.53 bits per heavy atom. The molecule has 0 aliphatic rings. The Morgan fingerprint density at radius 2 is 2.33 bits per heavy atom. The van der Waals surface area contributed by atoms with E-state index < -0.39 is 0 Å². The molecule has 2 N–H and O–H groups in total. The quantitative estimate of drug-likeness (QED) is 0.801. The van der Waals surface area contributed by atoms with Crippen molar-refractivity contribution < 1.29 is 0 Å². The van der Waals surface area contributed by atoms with Gasteiger partial charge in [-0.15, -0.1) is 0 Å². The molecule has 0 spiro atoms. The van der Waals surface area contributed by atoms with E-state index in [1.807, 2.05) is 35.6 Å². The highest BCUT2D eigenvalue weighted by Gasteiger charge is 2.14. The highest BCUT2D eigenvalue weighted by molar-refractivity contribution is 5.19. The molecule has 0 aromatic carbocycles. The van der Waals surface area contributed by atoms with Crippen molar-refractivity contribution in [3.63, 3.8) is 0 Å². The fourth-order valence-electron chi connectivity index (χ4n) is 1.54. The van der Waals surface area contributed by atoms with Gasteiger partial charge in [-0.3, -0.25) is 4.68 Å². The van der Waals surface area contributed by atoms with Gasteiger partial charge in [0.05, 0.1) is 12.2 Å². The van der Waals surface area contributed by atoms with Crippen molar-refractivity contribution in [1.82, 2.24) is 19.3 Å². The maximum atomic E-state index is 6.09. The van der Waals surface area contributed by atoms with Crippen LogP contribution in [0.4, 0.5) is 0 Å². The molecule has 0 radical (unpaired) electrons. The second-order valence-corrected chi connectivity index (χ2v) is 3.50. The molecule has 0 amide bonds. The Hall–Kier alpha value is -1.62. The summed E-state index contributed by atoms with van der Waals surface area (Å²) in [5, 5.41) is 4.19. The average molecular weight is 205 g/mol.